The number of carboxylic acids is 1. The van der Waals surface area contributed by atoms with Crippen molar-refractivity contribution in [3.8, 4) is 22.4 Å². The van der Waals surface area contributed by atoms with Gasteiger partial charge >= 0.3 is 5.97 Å². The molecule has 27 heavy (non-hydrogen) atoms. The summed E-state index contributed by atoms with van der Waals surface area (Å²) in [6.45, 7) is 1.81. The zero-order chi connectivity index (χ0) is 19.2. The van der Waals surface area contributed by atoms with E-state index in [-0.39, 0.29) is 12.3 Å². The number of carboxylic acid groups (broad SMARTS) is 1. The second-order valence-electron chi connectivity index (χ2n) is 6.18. The largest absolute Gasteiger partial charge is 0.481 e. The van der Waals surface area contributed by atoms with E-state index in [4.69, 9.17) is 5.11 Å². The zero-order valence-electron chi connectivity index (χ0n) is 15.0. The molecule has 136 valence electrons. The van der Waals surface area contributed by atoms with Crippen LogP contribution in [0.15, 0.2) is 66.9 Å². The molecule has 0 atom stereocenters. The summed E-state index contributed by atoms with van der Waals surface area (Å²) >= 11 is 0. The number of hydrogen-bond donors (Lipinski definition) is 2. The van der Waals surface area contributed by atoms with Gasteiger partial charge in [-0.2, -0.15) is 0 Å². The van der Waals surface area contributed by atoms with E-state index in [0.29, 0.717) is 6.42 Å². The molecule has 0 saturated carbocycles. The van der Waals surface area contributed by atoms with E-state index in [2.05, 4.69) is 10.3 Å². The van der Waals surface area contributed by atoms with E-state index in [0.717, 1.165) is 33.6 Å². The lowest BCUT2D eigenvalue weighted by atomic mass is 10.0. The lowest BCUT2D eigenvalue weighted by Crippen LogP contribution is -2.09. The molecule has 5 nitrogen and oxygen atoms in total. The summed E-state index contributed by atoms with van der Waals surface area (Å²) in [7, 11) is 0. The smallest absolute Gasteiger partial charge is 0.307 e. The second-order valence-corrected chi connectivity index (χ2v) is 6.18. The molecule has 0 aliphatic carbocycles. The molecule has 1 heterocycles. The van der Waals surface area contributed by atoms with E-state index >= 15 is 0 Å². The summed E-state index contributed by atoms with van der Waals surface area (Å²) in [5.74, 6) is -0.870. The summed E-state index contributed by atoms with van der Waals surface area (Å²) < 4.78 is 0. The van der Waals surface area contributed by atoms with Crippen LogP contribution in [-0.2, 0) is 16.0 Å². The molecule has 3 rings (SSSR count). The number of carbonyl (C=O) groups is 2. The fourth-order valence-electron chi connectivity index (χ4n) is 2.74. The van der Waals surface area contributed by atoms with Crippen molar-refractivity contribution in [1.82, 2.24) is 4.98 Å². The Hall–Kier alpha value is -3.47. The number of aliphatic carboxylic acids is 1. The maximum Gasteiger partial charge on any atom is 0.307 e. The number of nitrogens with zero attached hydrogens (tertiary/aromatic N) is 1. The van der Waals surface area contributed by atoms with Crippen LogP contribution in [0.5, 0.6) is 0 Å². The number of amides is 1. The molecule has 1 aromatic heterocycles. The molecule has 0 aliphatic rings. The quantitative estimate of drug-likeness (QED) is 0.683. The molecule has 0 aliphatic heterocycles. The van der Waals surface area contributed by atoms with Crippen molar-refractivity contribution >= 4 is 17.6 Å². The third-order valence-electron chi connectivity index (χ3n) is 4.19. The van der Waals surface area contributed by atoms with Crippen molar-refractivity contribution < 1.29 is 14.7 Å². The van der Waals surface area contributed by atoms with Crippen molar-refractivity contribution in [3.05, 3.63) is 72.4 Å². The molecule has 3 aromatic rings. The molecule has 0 unspecified atom stereocenters. The van der Waals surface area contributed by atoms with Gasteiger partial charge in [0.15, 0.2) is 0 Å². The molecule has 0 saturated heterocycles. The topological polar surface area (TPSA) is 79.3 Å². The van der Waals surface area contributed by atoms with Gasteiger partial charge in [0.2, 0.25) is 5.91 Å². The number of hydrogen-bond acceptors (Lipinski definition) is 3. The van der Waals surface area contributed by atoms with Gasteiger partial charge < -0.3 is 10.4 Å². The molecule has 0 radical (unpaired) electrons. The van der Waals surface area contributed by atoms with Crippen LogP contribution >= 0.6 is 0 Å². The summed E-state index contributed by atoms with van der Waals surface area (Å²) in [4.78, 5) is 26.7. The Morgan fingerprint density at radius 3 is 2.11 bits per heavy atom. The normalized spacial score (nSPS) is 10.4. The summed E-state index contributed by atoms with van der Waals surface area (Å²) in [6.07, 6.45) is 2.13. The molecule has 0 bridgehead atoms. The molecule has 2 N–H and O–H groups in total. The monoisotopic (exact) mass is 360 g/mol. The first-order valence-electron chi connectivity index (χ1n) is 8.72. The predicted molar refractivity (Wildman–Crippen MR) is 105 cm³/mol. The number of rotatable bonds is 6. The van der Waals surface area contributed by atoms with Crippen molar-refractivity contribution in [2.24, 2.45) is 0 Å². The first-order chi connectivity index (χ1) is 13.0. The highest BCUT2D eigenvalue weighted by atomic mass is 16.4. The number of nitrogens with one attached hydrogen (secondary N) is 1. The van der Waals surface area contributed by atoms with E-state index in [1.54, 1.807) is 12.3 Å². The van der Waals surface area contributed by atoms with Crippen LogP contribution in [0.2, 0.25) is 0 Å². The Labute approximate surface area is 157 Å². The van der Waals surface area contributed by atoms with Crippen LogP contribution in [0.1, 0.15) is 18.9 Å². The van der Waals surface area contributed by atoms with Gasteiger partial charge in [-0.3, -0.25) is 14.6 Å². The van der Waals surface area contributed by atoms with Crippen LogP contribution in [0.3, 0.4) is 0 Å². The zero-order valence-corrected chi connectivity index (χ0v) is 15.0. The van der Waals surface area contributed by atoms with E-state index in [9.17, 15) is 9.59 Å². The predicted octanol–water partition coefficient (Wildman–Crippen LogP) is 4.39. The first kappa shape index (κ1) is 18.3. The molecule has 2 aromatic carbocycles. The van der Waals surface area contributed by atoms with Crippen LogP contribution in [0.25, 0.3) is 22.4 Å². The summed E-state index contributed by atoms with van der Waals surface area (Å²) in [5.41, 5.74) is 5.30. The molecule has 1 amide bonds. The SMILES string of the molecule is CCC(=O)Nc1ccnc(-c2ccc(-c3ccc(CC(=O)O)cc3)cc2)c1. The third kappa shape index (κ3) is 4.79. The highest BCUT2D eigenvalue weighted by Gasteiger charge is 2.05. The Morgan fingerprint density at radius 1 is 0.926 bits per heavy atom. The van der Waals surface area contributed by atoms with Gasteiger partial charge in [-0.25, -0.2) is 0 Å². The lowest BCUT2D eigenvalue weighted by Gasteiger charge is -2.08. The molecule has 0 spiro atoms. The van der Waals surface area contributed by atoms with Crippen molar-refractivity contribution in [2.45, 2.75) is 19.8 Å². The van der Waals surface area contributed by atoms with E-state index in [1.807, 2.05) is 61.5 Å². The van der Waals surface area contributed by atoms with Crippen molar-refractivity contribution in [2.75, 3.05) is 5.32 Å². The summed E-state index contributed by atoms with van der Waals surface area (Å²) in [6, 6.07) is 19.1. The average molecular weight is 360 g/mol. The van der Waals surface area contributed by atoms with Crippen LogP contribution in [0, 0.1) is 0 Å². The fourth-order valence-corrected chi connectivity index (χ4v) is 2.74. The molecule has 5 heteroatoms. The van der Waals surface area contributed by atoms with Gasteiger partial charge in [0, 0.05) is 23.9 Å². The number of benzene rings is 2. The maximum atomic E-state index is 11.5. The summed E-state index contributed by atoms with van der Waals surface area (Å²) in [5, 5.41) is 11.7. The Kier molecular flexibility index (Phi) is 5.61. The minimum absolute atomic E-state index is 0.0236. The average Bonchev–Trinajstić information content (AvgIpc) is 2.68. The molecular formula is C22H20N2O3. The van der Waals surface area contributed by atoms with Gasteiger partial charge in [-0.1, -0.05) is 55.5 Å². The highest BCUT2D eigenvalue weighted by Crippen LogP contribution is 2.25. The van der Waals surface area contributed by atoms with E-state index < -0.39 is 5.97 Å². The minimum Gasteiger partial charge on any atom is -0.481 e. The highest BCUT2D eigenvalue weighted by molar-refractivity contribution is 5.91. The fraction of sp³-hybridized carbons (Fsp3) is 0.136. The first-order valence-corrected chi connectivity index (χ1v) is 8.72. The van der Waals surface area contributed by atoms with Crippen LogP contribution in [-0.4, -0.2) is 22.0 Å². The van der Waals surface area contributed by atoms with Crippen molar-refractivity contribution in [3.63, 3.8) is 0 Å². The third-order valence-corrected chi connectivity index (χ3v) is 4.19. The van der Waals surface area contributed by atoms with Gasteiger partial charge in [0.1, 0.15) is 0 Å². The van der Waals surface area contributed by atoms with Gasteiger partial charge in [-0.15, -0.1) is 0 Å². The maximum absolute atomic E-state index is 11.5. The second kappa shape index (κ2) is 8.27. The number of anilines is 1. The van der Waals surface area contributed by atoms with Gasteiger partial charge in [-0.05, 0) is 28.8 Å². The lowest BCUT2D eigenvalue weighted by molar-refractivity contribution is -0.136. The molecular weight excluding hydrogens is 340 g/mol. The Morgan fingerprint density at radius 2 is 1.52 bits per heavy atom. The Bertz CT molecular complexity index is 948. The van der Waals surface area contributed by atoms with Crippen LogP contribution < -0.4 is 5.32 Å². The standard InChI is InChI=1S/C22H20N2O3/c1-2-21(25)24-19-11-12-23-20(14-19)18-9-7-17(8-10-18)16-5-3-15(4-6-16)13-22(26)27/h3-12,14H,2,13H2,1H3,(H,26,27)(H,23,24,25). The Balaban J connectivity index is 1.78. The van der Waals surface area contributed by atoms with E-state index in [1.165, 1.54) is 0 Å². The van der Waals surface area contributed by atoms with Gasteiger partial charge in [0.25, 0.3) is 0 Å². The number of pyridine rings is 1. The number of carbonyl (C=O) groups excluding carboxylic acids is 1. The molecule has 0 fully saturated rings. The van der Waals surface area contributed by atoms with Crippen molar-refractivity contribution in [1.29, 1.82) is 0 Å². The van der Waals surface area contributed by atoms with Gasteiger partial charge in [0.05, 0.1) is 12.1 Å². The van der Waals surface area contributed by atoms with Crippen LogP contribution in [0.4, 0.5) is 5.69 Å². The number of aromatic nitrogens is 1. The minimum atomic E-state index is -0.836.